The van der Waals surface area contributed by atoms with Gasteiger partial charge in [0, 0.05) is 0 Å². The highest BCUT2D eigenvalue weighted by molar-refractivity contribution is 5.35. The van der Waals surface area contributed by atoms with Gasteiger partial charge in [0.15, 0.2) is 0 Å². The summed E-state index contributed by atoms with van der Waals surface area (Å²) in [5, 5.41) is 0. The standard InChI is InChI=1S/C10H18/c1-5-7-8-9(3,6-2)10(7,8)4/h7-8H,5-6H2,1-4H3. The molecule has 2 fully saturated rings. The Morgan fingerprint density at radius 3 is 2.00 bits per heavy atom. The molecule has 0 aliphatic heterocycles. The van der Waals surface area contributed by atoms with Crippen molar-refractivity contribution in [2.24, 2.45) is 22.7 Å². The number of rotatable bonds is 2. The molecule has 2 saturated carbocycles. The van der Waals surface area contributed by atoms with E-state index in [1.165, 1.54) is 12.8 Å². The third-order valence-electron chi connectivity index (χ3n) is 4.72. The van der Waals surface area contributed by atoms with Crippen molar-refractivity contribution in [3.8, 4) is 0 Å². The van der Waals surface area contributed by atoms with Crippen molar-refractivity contribution in [3.05, 3.63) is 0 Å². The van der Waals surface area contributed by atoms with Gasteiger partial charge in [-0.05, 0) is 29.1 Å². The van der Waals surface area contributed by atoms with Crippen LogP contribution in [0.2, 0.25) is 0 Å². The van der Waals surface area contributed by atoms with Gasteiger partial charge in [0.2, 0.25) is 0 Å². The molecule has 0 amide bonds. The van der Waals surface area contributed by atoms with Gasteiger partial charge in [-0.2, -0.15) is 0 Å². The maximum absolute atomic E-state index is 2.48. The first-order valence-electron chi connectivity index (χ1n) is 4.63. The fourth-order valence-electron chi connectivity index (χ4n) is 3.58. The van der Waals surface area contributed by atoms with Crippen LogP contribution in [0.15, 0.2) is 0 Å². The van der Waals surface area contributed by atoms with Gasteiger partial charge in [-0.15, -0.1) is 0 Å². The van der Waals surface area contributed by atoms with Crippen molar-refractivity contribution in [1.29, 1.82) is 0 Å². The average molecular weight is 138 g/mol. The van der Waals surface area contributed by atoms with E-state index in [0.717, 1.165) is 22.7 Å². The van der Waals surface area contributed by atoms with E-state index in [1.54, 1.807) is 0 Å². The highest BCUT2D eigenvalue weighted by atomic mass is 14.9. The van der Waals surface area contributed by atoms with E-state index in [2.05, 4.69) is 27.7 Å². The van der Waals surface area contributed by atoms with Crippen molar-refractivity contribution in [3.63, 3.8) is 0 Å². The van der Waals surface area contributed by atoms with Crippen molar-refractivity contribution in [2.45, 2.75) is 40.5 Å². The molecule has 0 saturated heterocycles. The summed E-state index contributed by atoms with van der Waals surface area (Å²) in [6, 6.07) is 0. The molecule has 2 aliphatic rings. The monoisotopic (exact) mass is 138 g/mol. The Balaban J connectivity index is 2.06. The largest absolute Gasteiger partial charge is 0.0651 e. The summed E-state index contributed by atoms with van der Waals surface area (Å²) in [5.74, 6) is 2.20. The maximum Gasteiger partial charge on any atom is -0.0201 e. The highest BCUT2D eigenvalue weighted by Gasteiger charge is 2.88. The third kappa shape index (κ3) is 0.383. The fraction of sp³-hybridized carbons (Fsp3) is 1.00. The zero-order valence-corrected chi connectivity index (χ0v) is 7.57. The predicted octanol–water partition coefficient (Wildman–Crippen LogP) is 3.08. The van der Waals surface area contributed by atoms with Crippen LogP contribution < -0.4 is 0 Å². The van der Waals surface area contributed by atoms with Gasteiger partial charge < -0.3 is 0 Å². The molecule has 0 bridgehead atoms. The van der Waals surface area contributed by atoms with Crippen LogP contribution in [-0.2, 0) is 0 Å². The summed E-state index contributed by atoms with van der Waals surface area (Å²) in [6.45, 7) is 9.61. The van der Waals surface area contributed by atoms with Crippen LogP contribution in [0.4, 0.5) is 0 Å². The smallest absolute Gasteiger partial charge is 0.0201 e. The van der Waals surface area contributed by atoms with E-state index in [0.29, 0.717) is 0 Å². The van der Waals surface area contributed by atoms with Gasteiger partial charge in [0.25, 0.3) is 0 Å². The van der Waals surface area contributed by atoms with Gasteiger partial charge in [0.1, 0.15) is 0 Å². The molecule has 2 rings (SSSR count). The molecule has 0 N–H and O–H groups in total. The first-order valence-corrected chi connectivity index (χ1v) is 4.63. The van der Waals surface area contributed by atoms with Crippen molar-refractivity contribution in [2.75, 3.05) is 0 Å². The van der Waals surface area contributed by atoms with Crippen LogP contribution in [0.1, 0.15) is 40.5 Å². The maximum atomic E-state index is 2.48. The van der Waals surface area contributed by atoms with E-state index >= 15 is 0 Å². The lowest BCUT2D eigenvalue weighted by Gasteiger charge is -2.24. The Labute approximate surface area is 64.0 Å². The Kier molecular flexibility index (Phi) is 0.964. The van der Waals surface area contributed by atoms with Gasteiger partial charge in [-0.3, -0.25) is 0 Å². The van der Waals surface area contributed by atoms with Gasteiger partial charge in [0.05, 0.1) is 0 Å². The molecule has 58 valence electrons. The minimum atomic E-state index is 0.758. The van der Waals surface area contributed by atoms with E-state index in [9.17, 15) is 0 Å². The molecule has 4 unspecified atom stereocenters. The molecule has 0 radical (unpaired) electrons. The van der Waals surface area contributed by atoms with E-state index < -0.39 is 0 Å². The molecule has 10 heavy (non-hydrogen) atoms. The van der Waals surface area contributed by atoms with Crippen LogP contribution in [0.25, 0.3) is 0 Å². The second kappa shape index (κ2) is 1.44. The second-order valence-electron chi connectivity index (χ2n) is 4.55. The van der Waals surface area contributed by atoms with Crippen LogP contribution in [0, 0.1) is 22.7 Å². The predicted molar refractivity (Wildman–Crippen MR) is 43.8 cm³/mol. The lowest BCUT2D eigenvalue weighted by atomic mass is 9.81. The Morgan fingerprint density at radius 1 is 1.20 bits per heavy atom. The highest BCUT2D eigenvalue weighted by Crippen LogP contribution is 2.92. The fourth-order valence-corrected chi connectivity index (χ4v) is 3.58. The number of hydrogen-bond acceptors (Lipinski definition) is 0. The Hall–Kier alpha value is 0. The number of hydrogen-bond donors (Lipinski definition) is 0. The molecule has 0 aromatic carbocycles. The van der Waals surface area contributed by atoms with E-state index in [4.69, 9.17) is 0 Å². The Bertz CT molecular complexity index is 173. The van der Waals surface area contributed by atoms with Crippen molar-refractivity contribution >= 4 is 0 Å². The SMILES string of the molecule is CCC1C2C(C)(CC)C12C. The minimum Gasteiger partial charge on any atom is -0.0651 e. The third-order valence-corrected chi connectivity index (χ3v) is 4.72. The van der Waals surface area contributed by atoms with Crippen LogP contribution in [0.3, 0.4) is 0 Å². The zero-order chi connectivity index (χ0) is 7.57. The van der Waals surface area contributed by atoms with Crippen LogP contribution in [0.5, 0.6) is 0 Å². The molecular formula is C10H18. The topological polar surface area (TPSA) is 0 Å². The summed E-state index contributed by atoms with van der Waals surface area (Å²) in [7, 11) is 0. The molecule has 0 aromatic rings. The van der Waals surface area contributed by atoms with Crippen molar-refractivity contribution < 1.29 is 0 Å². The second-order valence-corrected chi connectivity index (χ2v) is 4.55. The molecule has 0 heteroatoms. The van der Waals surface area contributed by atoms with Crippen LogP contribution >= 0.6 is 0 Å². The first-order chi connectivity index (χ1) is 4.63. The first kappa shape index (κ1) is 6.69. The minimum absolute atomic E-state index is 0.758. The summed E-state index contributed by atoms with van der Waals surface area (Å²) in [6.07, 6.45) is 2.81. The summed E-state index contributed by atoms with van der Waals surface area (Å²) in [4.78, 5) is 0. The molecule has 0 nitrogen and oxygen atoms in total. The van der Waals surface area contributed by atoms with Crippen LogP contribution in [-0.4, -0.2) is 0 Å². The molecular weight excluding hydrogens is 120 g/mol. The summed E-state index contributed by atoms with van der Waals surface area (Å²) < 4.78 is 0. The lowest BCUT2D eigenvalue weighted by molar-refractivity contribution is 0.251. The molecule has 4 atom stereocenters. The van der Waals surface area contributed by atoms with E-state index in [-0.39, 0.29) is 0 Å². The molecule has 2 aliphatic carbocycles. The lowest BCUT2D eigenvalue weighted by Crippen LogP contribution is -2.16. The summed E-state index contributed by atoms with van der Waals surface area (Å²) in [5.41, 5.74) is 1.55. The van der Waals surface area contributed by atoms with Crippen molar-refractivity contribution in [1.82, 2.24) is 0 Å². The molecule has 0 spiro atoms. The van der Waals surface area contributed by atoms with Gasteiger partial charge in [-0.25, -0.2) is 0 Å². The average Bonchev–Trinajstić information content (AvgIpc) is 2.70. The van der Waals surface area contributed by atoms with E-state index in [1.807, 2.05) is 0 Å². The quantitative estimate of drug-likeness (QED) is 0.550. The zero-order valence-electron chi connectivity index (χ0n) is 7.57. The van der Waals surface area contributed by atoms with Gasteiger partial charge >= 0.3 is 0 Å². The molecule has 0 heterocycles. The molecule has 0 aromatic heterocycles. The van der Waals surface area contributed by atoms with Gasteiger partial charge in [-0.1, -0.05) is 34.1 Å². The Morgan fingerprint density at radius 2 is 1.70 bits per heavy atom. The summed E-state index contributed by atoms with van der Waals surface area (Å²) >= 11 is 0. The normalized spacial score (nSPS) is 63.6. The number of fused-ring (bicyclic) bond motifs is 1.